The molecule has 2 heterocycles. The highest BCUT2D eigenvalue weighted by Gasteiger charge is 2.48. The number of piperidine rings is 1. The van der Waals surface area contributed by atoms with Crippen molar-refractivity contribution in [3.05, 3.63) is 69.7 Å². The maximum Gasteiger partial charge on any atom is 0.348 e. The number of alkyl halides is 2. The van der Waals surface area contributed by atoms with E-state index in [0.717, 1.165) is 17.0 Å². The first kappa shape index (κ1) is 28.1. The molecular formula is C22H12B6ClF2N3O4. The number of rotatable bonds is 5. The van der Waals surface area contributed by atoms with Crippen molar-refractivity contribution in [3.63, 3.8) is 0 Å². The molecule has 0 saturated carbocycles. The van der Waals surface area contributed by atoms with Gasteiger partial charge in [0.1, 0.15) is 6.04 Å². The van der Waals surface area contributed by atoms with Crippen LogP contribution in [0.3, 0.4) is 0 Å². The van der Waals surface area contributed by atoms with Gasteiger partial charge in [0.15, 0.2) is 0 Å². The number of benzene rings is 2. The van der Waals surface area contributed by atoms with E-state index >= 15 is 0 Å². The minimum absolute atomic E-state index is 0.00458. The first-order chi connectivity index (χ1) is 17.6. The smallest absolute Gasteiger partial charge is 0.348 e. The van der Waals surface area contributed by atoms with Crippen molar-refractivity contribution in [2.75, 3.05) is 0 Å². The van der Waals surface area contributed by atoms with Crippen LogP contribution in [-0.2, 0) is 32.2 Å². The van der Waals surface area contributed by atoms with E-state index in [-0.39, 0.29) is 33.1 Å². The number of carbonyl (C=O) groups excluding carboxylic acids is 4. The Morgan fingerprint density at radius 3 is 2.18 bits per heavy atom. The van der Waals surface area contributed by atoms with Crippen LogP contribution in [0, 0.1) is 0 Å². The average molecular weight is 521 g/mol. The molecule has 178 valence electrons. The summed E-state index contributed by atoms with van der Waals surface area (Å²) in [4.78, 5) is 51.8. The number of nitrogens with zero attached hydrogens (tertiary/aromatic N) is 3. The molecule has 7 nitrogen and oxygen atoms in total. The predicted octanol–water partition coefficient (Wildman–Crippen LogP) is 0.182. The lowest BCUT2D eigenvalue weighted by atomic mass is 9.55. The zero-order chi connectivity index (χ0) is 28.3. The lowest BCUT2D eigenvalue weighted by Gasteiger charge is -2.42. The third-order valence-electron chi connectivity index (χ3n) is 6.62. The van der Waals surface area contributed by atoms with Gasteiger partial charge < -0.3 is 14.5 Å². The van der Waals surface area contributed by atoms with Crippen LogP contribution in [0.5, 0.6) is 0 Å². The van der Waals surface area contributed by atoms with Crippen LogP contribution in [0.25, 0.3) is 0 Å². The first-order valence-corrected chi connectivity index (χ1v) is 11.4. The number of halogens is 3. The summed E-state index contributed by atoms with van der Waals surface area (Å²) >= 11 is 5.72. The van der Waals surface area contributed by atoms with Crippen molar-refractivity contribution < 1.29 is 28.0 Å². The average Bonchev–Trinajstić information content (AvgIpc) is 3.21. The Morgan fingerprint density at radius 2 is 1.58 bits per heavy atom. The highest BCUT2D eigenvalue weighted by Crippen LogP contribution is 2.39. The summed E-state index contributed by atoms with van der Waals surface area (Å²) < 4.78 is 29.8. The van der Waals surface area contributed by atoms with Gasteiger partial charge in [0.25, 0.3) is 11.8 Å². The monoisotopic (exact) mass is 521 g/mol. The Balaban J connectivity index is 1.61. The number of hydrogen-bond acceptors (Lipinski definition) is 4. The second kappa shape index (κ2) is 9.67. The van der Waals surface area contributed by atoms with Gasteiger partial charge >= 0.3 is 5.92 Å². The van der Waals surface area contributed by atoms with Crippen LogP contribution in [0.2, 0.25) is 16.7 Å². The third kappa shape index (κ3) is 4.38. The maximum absolute atomic E-state index is 14.9. The number of carbonyl (C=O) groups is 4. The van der Waals surface area contributed by atoms with Crippen LogP contribution in [0.4, 0.5) is 8.78 Å². The van der Waals surface area contributed by atoms with Gasteiger partial charge in [0.2, 0.25) is 27.8 Å². The minimum Gasteiger partial charge on any atom is -0.398 e. The van der Waals surface area contributed by atoms with E-state index in [1.807, 2.05) is 0 Å². The topological polar surface area (TPSA) is 78.0 Å². The molecule has 0 aliphatic carbocycles. The summed E-state index contributed by atoms with van der Waals surface area (Å²) in [6, 6.07) is 6.69. The summed E-state index contributed by atoms with van der Waals surface area (Å²) in [6.45, 7) is -0.212. The number of hydrogen-bond donors (Lipinski definition) is 0. The fourth-order valence-corrected chi connectivity index (χ4v) is 4.46. The second-order valence-electron chi connectivity index (χ2n) is 8.98. The molecule has 4 amide bonds. The van der Waals surface area contributed by atoms with E-state index in [1.54, 1.807) is 0 Å². The molecule has 2 aliphatic rings. The molecule has 2 aliphatic heterocycles. The van der Waals surface area contributed by atoms with Crippen LogP contribution in [-0.4, -0.2) is 91.5 Å². The van der Waals surface area contributed by atoms with E-state index < -0.39 is 58.1 Å². The first-order valence-electron chi connectivity index (χ1n) is 11.0. The summed E-state index contributed by atoms with van der Waals surface area (Å²) in [7, 11) is 35.1. The normalized spacial score (nSPS) is 22.0. The van der Waals surface area contributed by atoms with E-state index in [9.17, 15) is 28.0 Å². The van der Waals surface area contributed by atoms with Gasteiger partial charge in [-0.3, -0.25) is 19.2 Å². The van der Waals surface area contributed by atoms with Crippen molar-refractivity contribution in [2.45, 2.75) is 35.5 Å². The van der Waals surface area contributed by atoms with Crippen molar-refractivity contribution >= 4 is 82.6 Å². The van der Waals surface area contributed by atoms with Gasteiger partial charge in [-0.05, 0) is 46.3 Å². The quantitative estimate of drug-likeness (QED) is 0.417. The van der Waals surface area contributed by atoms with Gasteiger partial charge in [-0.1, -0.05) is 35.9 Å². The van der Waals surface area contributed by atoms with E-state index in [4.69, 9.17) is 58.9 Å². The largest absolute Gasteiger partial charge is 0.398 e. The molecule has 3 unspecified atom stereocenters. The number of fused-ring (bicyclic) bond motifs is 1. The van der Waals surface area contributed by atoms with Gasteiger partial charge in [0, 0.05) is 22.7 Å². The molecule has 4 rings (SSSR count). The Kier molecular flexibility index (Phi) is 7.14. The summed E-state index contributed by atoms with van der Waals surface area (Å²) in [5.74, 6) is -11.1. The highest BCUT2D eigenvalue weighted by atomic mass is 35.5. The molecular weight excluding hydrogens is 509 g/mol. The molecule has 3 atom stereocenters. The molecule has 0 spiro atoms. The van der Waals surface area contributed by atoms with Crippen molar-refractivity contribution in [1.82, 2.24) is 14.5 Å². The molecule has 0 aromatic heterocycles. The van der Waals surface area contributed by atoms with Crippen LogP contribution < -0.4 is 0 Å². The number of imide groups is 1. The van der Waals surface area contributed by atoms with Gasteiger partial charge in [-0.25, -0.2) is 0 Å². The highest BCUT2D eigenvalue weighted by molar-refractivity contribution is 6.43. The van der Waals surface area contributed by atoms with Crippen molar-refractivity contribution in [2.24, 2.45) is 0 Å². The van der Waals surface area contributed by atoms with Crippen molar-refractivity contribution in [3.8, 4) is 0 Å². The molecule has 1 saturated heterocycles. The third-order valence-corrected chi connectivity index (χ3v) is 6.87. The van der Waals surface area contributed by atoms with Gasteiger partial charge in [-0.2, -0.15) is 8.78 Å². The SMILES string of the molecule is [B]C1C(=O)N([B])C(=O)C(N2Cc3cc(C([B])([B])N([B])C(=O)C(F)(F)c4ccc(Cl)cc4)ccc3C2=O)C1[B]. The Labute approximate surface area is 230 Å². The van der Waals surface area contributed by atoms with E-state index in [2.05, 4.69) is 0 Å². The van der Waals surface area contributed by atoms with Crippen LogP contribution in [0.15, 0.2) is 42.5 Å². The lowest BCUT2D eigenvalue weighted by molar-refractivity contribution is -0.155. The van der Waals surface area contributed by atoms with Gasteiger partial charge in [-0.15, -0.1) is 0 Å². The standard InChI is InChI=1S/C22H12B6ClF2N3O4/c23-14-15(24)18(36)33(27)19(37)16(14)32-8-9-7-11(3-6-13(9)17(32)35)22(25,26)34(28)20(38)21(30,31)10-1-4-12(29)5-2-10/h1-7,14-16H,8H2. The minimum atomic E-state index is -4.10. The summed E-state index contributed by atoms with van der Waals surface area (Å²) in [5, 5.41) is -2.27. The summed E-state index contributed by atoms with van der Waals surface area (Å²) in [6.07, 6.45) is 0. The molecule has 1 fully saturated rings. The Hall–Kier alpha value is -2.94. The molecule has 0 N–H and O–H groups in total. The summed E-state index contributed by atoms with van der Waals surface area (Å²) in [5.41, 5.74) is -0.403. The molecule has 0 bridgehead atoms. The zero-order valence-electron chi connectivity index (χ0n) is 19.6. The predicted molar refractivity (Wildman–Crippen MR) is 138 cm³/mol. The Morgan fingerprint density at radius 1 is 1.00 bits per heavy atom. The van der Waals surface area contributed by atoms with Crippen LogP contribution >= 0.6 is 11.6 Å². The fraction of sp³-hybridized carbons (Fsp3) is 0.273. The molecule has 12 radical (unpaired) electrons. The second-order valence-corrected chi connectivity index (χ2v) is 9.42. The van der Waals surface area contributed by atoms with Crippen molar-refractivity contribution in [1.29, 1.82) is 0 Å². The lowest BCUT2D eigenvalue weighted by Crippen LogP contribution is -2.58. The zero-order valence-corrected chi connectivity index (χ0v) is 20.3. The number of amides is 4. The van der Waals surface area contributed by atoms with E-state index in [1.165, 1.54) is 30.3 Å². The van der Waals surface area contributed by atoms with Gasteiger partial charge in [0.05, 0.1) is 31.4 Å². The molecule has 2 aromatic carbocycles. The van der Waals surface area contributed by atoms with E-state index in [0.29, 0.717) is 4.81 Å². The maximum atomic E-state index is 14.9. The fourth-order valence-electron chi connectivity index (χ4n) is 4.34. The molecule has 2 aromatic rings. The molecule has 38 heavy (non-hydrogen) atoms. The van der Waals surface area contributed by atoms with Crippen LogP contribution in [0.1, 0.15) is 27.0 Å². The molecule has 16 heteroatoms. The Bertz CT molecular complexity index is 1350.